The number of hydrogen-bond acceptors (Lipinski definition) is 4. The van der Waals surface area contributed by atoms with Crippen LogP contribution < -0.4 is 0 Å². The van der Waals surface area contributed by atoms with Crippen molar-refractivity contribution in [2.45, 2.75) is 25.7 Å². The Bertz CT molecular complexity index is 433. The summed E-state index contributed by atoms with van der Waals surface area (Å²) in [7, 11) is 1.49. The van der Waals surface area contributed by atoms with Crippen LogP contribution in [0.3, 0.4) is 0 Å². The summed E-state index contributed by atoms with van der Waals surface area (Å²) in [5.74, 6) is 1.29. The fourth-order valence-electron chi connectivity index (χ4n) is 5.93. The van der Waals surface area contributed by atoms with Gasteiger partial charge in [0.2, 0.25) is 0 Å². The lowest BCUT2D eigenvalue weighted by Crippen LogP contribution is -2.62. The number of ether oxygens (including phenoxy) is 2. The van der Waals surface area contributed by atoms with Crippen molar-refractivity contribution >= 4 is 12.4 Å². The summed E-state index contributed by atoms with van der Waals surface area (Å²) in [6.07, 6.45) is 4.21. The van der Waals surface area contributed by atoms with Gasteiger partial charge in [0.25, 0.3) is 6.47 Å². The molecule has 0 aliphatic heterocycles. The first-order valence-corrected chi connectivity index (χ1v) is 6.28. The lowest BCUT2D eigenvalue weighted by molar-refractivity contribution is -0.208. The van der Waals surface area contributed by atoms with Crippen LogP contribution in [0.4, 0.5) is 0 Å². The maximum absolute atomic E-state index is 11.9. The lowest BCUT2D eigenvalue weighted by Gasteiger charge is -2.65. The van der Waals surface area contributed by atoms with Crippen molar-refractivity contribution in [2.75, 3.05) is 13.7 Å². The van der Waals surface area contributed by atoms with Crippen molar-refractivity contribution in [3.8, 4) is 0 Å². The fourth-order valence-corrected chi connectivity index (χ4v) is 5.93. The van der Waals surface area contributed by atoms with Gasteiger partial charge in [-0.2, -0.15) is 0 Å². The predicted molar refractivity (Wildman–Crippen MR) is 56.8 cm³/mol. The van der Waals surface area contributed by atoms with E-state index in [1.807, 2.05) is 0 Å². The van der Waals surface area contributed by atoms with Crippen LogP contribution in [0.5, 0.6) is 0 Å². The quantitative estimate of drug-likeness (QED) is 0.542. The Labute approximate surface area is 99.6 Å². The monoisotopic (exact) mass is 236 g/mol. The summed E-state index contributed by atoms with van der Waals surface area (Å²) in [4.78, 5) is 22.2. The van der Waals surface area contributed by atoms with Gasteiger partial charge >= 0.3 is 5.97 Å². The second-order valence-electron chi connectivity index (χ2n) is 6.50. The van der Waals surface area contributed by atoms with Crippen LogP contribution >= 0.6 is 0 Å². The zero-order valence-corrected chi connectivity index (χ0v) is 9.90. The minimum Gasteiger partial charge on any atom is -0.469 e. The topological polar surface area (TPSA) is 52.6 Å². The Kier molecular flexibility index (Phi) is 1.47. The molecule has 1 spiro atoms. The molecule has 4 aliphatic rings. The molecule has 5 unspecified atom stereocenters. The molecular weight excluding hydrogens is 220 g/mol. The zero-order chi connectivity index (χ0) is 11.9. The Hall–Kier alpha value is -1.06. The third kappa shape index (κ3) is 0.772. The first kappa shape index (κ1) is 9.92. The normalized spacial score (nSPS) is 55.8. The fraction of sp³-hybridized carbons (Fsp3) is 0.846. The van der Waals surface area contributed by atoms with Crippen LogP contribution in [-0.4, -0.2) is 26.2 Å². The molecule has 0 heterocycles. The molecule has 4 saturated carbocycles. The molecule has 4 fully saturated rings. The van der Waals surface area contributed by atoms with E-state index in [1.165, 1.54) is 7.11 Å². The summed E-state index contributed by atoms with van der Waals surface area (Å²) in [5.41, 5.74) is 0.297. The molecule has 0 bridgehead atoms. The van der Waals surface area contributed by atoms with E-state index in [0.717, 1.165) is 25.7 Å². The van der Waals surface area contributed by atoms with Gasteiger partial charge in [-0.25, -0.2) is 0 Å². The Morgan fingerprint density at radius 1 is 1.41 bits per heavy atom. The highest BCUT2D eigenvalue weighted by Crippen LogP contribution is 2.95. The second kappa shape index (κ2) is 2.52. The van der Waals surface area contributed by atoms with Crippen LogP contribution in [0.15, 0.2) is 0 Å². The summed E-state index contributed by atoms with van der Waals surface area (Å²) in [6, 6.07) is 0. The van der Waals surface area contributed by atoms with Crippen LogP contribution in [0.2, 0.25) is 0 Å². The first-order chi connectivity index (χ1) is 8.14. The van der Waals surface area contributed by atoms with Crippen molar-refractivity contribution in [3.05, 3.63) is 0 Å². The van der Waals surface area contributed by atoms with E-state index in [4.69, 9.17) is 9.47 Å². The molecule has 4 rings (SSSR count). The van der Waals surface area contributed by atoms with Crippen LogP contribution in [-0.2, 0) is 19.1 Å². The largest absolute Gasteiger partial charge is 0.469 e. The van der Waals surface area contributed by atoms with Gasteiger partial charge in [-0.1, -0.05) is 0 Å². The van der Waals surface area contributed by atoms with Crippen LogP contribution in [0, 0.1) is 28.1 Å². The molecule has 17 heavy (non-hydrogen) atoms. The average Bonchev–Trinajstić information content (AvgIpc) is 2.90. The Morgan fingerprint density at radius 3 is 2.94 bits per heavy atom. The van der Waals surface area contributed by atoms with E-state index in [-0.39, 0.29) is 22.2 Å². The SMILES string of the molecule is COC(=O)C12CC3CC4(COC=O)CC1(C2)C34. The summed E-state index contributed by atoms with van der Waals surface area (Å²) < 4.78 is 9.95. The number of carbonyl (C=O) groups excluding carboxylic acids is 2. The van der Waals surface area contributed by atoms with Gasteiger partial charge in [-0.15, -0.1) is 0 Å². The van der Waals surface area contributed by atoms with Gasteiger partial charge in [-0.3, -0.25) is 9.59 Å². The lowest BCUT2D eigenvalue weighted by atomic mass is 9.39. The van der Waals surface area contributed by atoms with Gasteiger partial charge in [0, 0.05) is 5.41 Å². The van der Waals surface area contributed by atoms with Crippen molar-refractivity contribution < 1.29 is 19.1 Å². The van der Waals surface area contributed by atoms with Gasteiger partial charge in [0.15, 0.2) is 0 Å². The van der Waals surface area contributed by atoms with Gasteiger partial charge < -0.3 is 9.47 Å². The van der Waals surface area contributed by atoms with E-state index in [9.17, 15) is 9.59 Å². The molecule has 0 radical (unpaired) electrons. The minimum absolute atomic E-state index is 0.00296. The number of carbonyl (C=O) groups is 2. The third-order valence-electron chi connectivity index (χ3n) is 6.13. The van der Waals surface area contributed by atoms with Crippen molar-refractivity contribution in [3.63, 3.8) is 0 Å². The summed E-state index contributed by atoms with van der Waals surface area (Å²) in [5, 5.41) is 0. The van der Waals surface area contributed by atoms with E-state index < -0.39 is 0 Å². The molecule has 4 heteroatoms. The van der Waals surface area contributed by atoms with Gasteiger partial charge in [0.1, 0.15) is 0 Å². The van der Waals surface area contributed by atoms with Gasteiger partial charge in [-0.05, 0) is 42.9 Å². The molecule has 0 saturated heterocycles. The highest BCUT2D eigenvalue weighted by molar-refractivity contribution is 5.84. The highest BCUT2D eigenvalue weighted by Gasteiger charge is 2.93. The Morgan fingerprint density at radius 2 is 2.24 bits per heavy atom. The predicted octanol–water partition coefficient (Wildman–Crippen LogP) is 1.14. The molecule has 0 amide bonds. The molecule has 0 aromatic rings. The summed E-state index contributed by atoms with van der Waals surface area (Å²) in [6.45, 7) is 1.10. The van der Waals surface area contributed by atoms with E-state index in [2.05, 4.69) is 0 Å². The van der Waals surface area contributed by atoms with Gasteiger partial charge in [0.05, 0.1) is 19.1 Å². The first-order valence-electron chi connectivity index (χ1n) is 6.28. The Balaban J connectivity index is 1.58. The molecule has 0 aromatic carbocycles. The van der Waals surface area contributed by atoms with Crippen LogP contribution in [0.25, 0.3) is 0 Å². The number of rotatable bonds is 4. The standard InChI is InChI=1S/C13H16O4/c1-16-10(15)12-3-8-2-11(6-17-7-14)4-13(12,5-12)9(8)11/h7-9H,2-6H2,1H3. The maximum Gasteiger partial charge on any atom is 0.312 e. The molecule has 4 nitrogen and oxygen atoms in total. The smallest absolute Gasteiger partial charge is 0.312 e. The molecule has 4 aliphatic carbocycles. The molecule has 5 atom stereocenters. The van der Waals surface area contributed by atoms with Crippen molar-refractivity contribution in [1.82, 2.24) is 0 Å². The molecule has 0 aromatic heterocycles. The molecule has 92 valence electrons. The van der Waals surface area contributed by atoms with Crippen molar-refractivity contribution in [1.29, 1.82) is 0 Å². The highest BCUT2D eigenvalue weighted by atomic mass is 16.5. The maximum atomic E-state index is 11.9. The average molecular weight is 236 g/mol. The van der Waals surface area contributed by atoms with Crippen LogP contribution in [0.1, 0.15) is 25.7 Å². The summed E-state index contributed by atoms with van der Waals surface area (Å²) >= 11 is 0. The zero-order valence-electron chi connectivity index (χ0n) is 9.90. The number of hydrogen-bond donors (Lipinski definition) is 0. The van der Waals surface area contributed by atoms with E-state index >= 15 is 0 Å². The number of esters is 1. The van der Waals surface area contributed by atoms with Crippen molar-refractivity contribution in [2.24, 2.45) is 28.1 Å². The second-order valence-corrected chi connectivity index (χ2v) is 6.50. The third-order valence-corrected chi connectivity index (χ3v) is 6.13. The minimum atomic E-state index is -0.155. The van der Waals surface area contributed by atoms with E-state index in [1.54, 1.807) is 0 Å². The van der Waals surface area contributed by atoms with E-state index in [0.29, 0.717) is 24.9 Å². The molecular formula is C13H16O4. The number of methoxy groups -OCH3 is 1. The molecule has 0 N–H and O–H groups in total.